The molecule has 0 spiro atoms. The molecule has 0 aromatic heterocycles. The lowest BCUT2D eigenvalue weighted by atomic mass is 9.58. The SMILES string of the molecule is CN1CC=C2C(C#N)=C(N)C(C#N)(C#N)C(c3ccc(F)c(F)c3)[C@H]2C1. The molecule has 0 amide bonds. The number of nitrogens with two attached hydrogens (primary N) is 1. The predicted octanol–water partition coefficient (Wildman–Crippen LogP) is 2.32. The molecule has 7 heteroatoms. The Hall–Kier alpha value is -3.21. The van der Waals surface area contributed by atoms with Crippen molar-refractivity contribution in [1.82, 2.24) is 4.90 Å². The number of benzene rings is 1. The highest BCUT2D eigenvalue weighted by molar-refractivity contribution is 5.59. The molecule has 2 aliphatic rings. The van der Waals surface area contributed by atoms with E-state index in [0.29, 0.717) is 24.2 Å². The molecular weight excluding hydrogens is 336 g/mol. The van der Waals surface area contributed by atoms with Crippen LogP contribution in [-0.2, 0) is 0 Å². The molecule has 0 radical (unpaired) electrons. The number of hydrogen-bond donors (Lipinski definition) is 1. The van der Waals surface area contributed by atoms with Crippen molar-refractivity contribution in [3.8, 4) is 18.2 Å². The summed E-state index contributed by atoms with van der Waals surface area (Å²) in [5, 5.41) is 29.2. The van der Waals surface area contributed by atoms with Crippen LogP contribution in [0, 0.1) is 57.0 Å². The maximum Gasteiger partial charge on any atom is 0.191 e. The third kappa shape index (κ3) is 2.36. The van der Waals surface area contributed by atoms with Crippen LogP contribution >= 0.6 is 0 Å². The van der Waals surface area contributed by atoms with E-state index in [1.54, 1.807) is 0 Å². The van der Waals surface area contributed by atoms with E-state index in [-0.39, 0.29) is 11.3 Å². The molecule has 130 valence electrons. The second kappa shape index (κ2) is 6.26. The summed E-state index contributed by atoms with van der Waals surface area (Å²) in [6.45, 7) is 1.04. The maximum atomic E-state index is 13.9. The number of nitrogens with zero attached hydrogens (tertiary/aromatic N) is 4. The lowest BCUT2D eigenvalue weighted by molar-refractivity contribution is 0.237. The van der Waals surface area contributed by atoms with Crippen molar-refractivity contribution in [2.24, 2.45) is 17.1 Å². The summed E-state index contributed by atoms with van der Waals surface area (Å²) >= 11 is 0. The van der Waals surface area contributed by atoms with Crippen LogP contribution in [0.5, 0.6) is 0 Å². The predicted molar refractivity (Wildman–Crippen MR) is 88.7 cm³/mol. The maximum absolute atomic E-state index is 13.9. The van der Waals surface area contributed by atoms with Crippen molar-refractivity contribution in [3.05, 3.63) is 58.3 Å². The minimum atomic E-state index is -1.84. The lowest BCUT2D eigenvalue weighted by Gasteiger charge is -2.45. The summed E-state index contributed by atoms with van der Waals surface area (Å²) in [6, 6.07) is 9.26. The van der Waals surface area contributed by atoms with E-state index in [1.165, 1.54) is 6.07 Å². The average Bonchev–Trinajstić information content (AvgIpc) is 2.63. The van der Waals surface area contributed by atoms with E-state index < -0.39 is 28.9 Å². The van der Waals surface area contributed by atoms with Gasteiger partial charge in [0, 0.05) is 24.9 Å². The fourth-order valence-corrected chi connectivity index (χ4v) is 3.91. The fourth-order valence-electron chi connectivity index (χ4n) is 3.91. The summed E-state index contributed by atoms with van der Waals surface area (Å²) < 4.78 is 27.3. The minimum absolute atomic E-state index is 0.130. The van der Waals surface area contributed by atoms with Crippen LogP contribution in [0.4, 0.5) is 8.78 Å². The summed E-state index contributed by atoms with van der Waals surface area (Å²) in [5.41, 5.74) is 5.23. The first kappa shape index (κ1) is 17.6. The largest absolute Gasteiger partial charge is 0.399 e. The Bertz CT molecular complexity index is 944. The quantitative estimate of drug-likeness (QED) is 0.837. The molecule has 26 heavy (non-hydrogen) atoms. The average molecular weight is 351 g/mol. The standard InChI is InChI=1S/C19H15F2N5/c1-26-5-4-12-13(7-22)18(25)19(9-23,10-24)17(14(12)8-26)11-2-3-15(20)16(21)6-11/h2-4,6,14,17H,5,8,25H2,1H3/t14-,17?/m0/s1. The molecule has 1 aliphatic carbocycles. The van der Waals surface area contributed by atoms with E-state index in [4.69, 9.17) is 5.73 Å². The molecule has 0 saturated heterocycles. The van der Waals surface area contributed by atoms with Gasteiger partial charge in [-0.3, -0.25) is 0 Å². The van der Waals surface area contributed by atoms with E-state index >= 15 is 0 Å². The van der Waals surface area contributed by atoms with Gasteiger partial charge in [-0.1, -0.05) is 12.1 Å². The Morgan fingerprint density at radius 3 is 2.46 bits per heavy atom. The van der Waals surface area contributed by atoms with Crippen molar-refractivity contribution in [3.63, 3.8) is 0 Å². The number of allylic oxidation sites excluding steroid dienone is 2. The van der Waals surface area contributed by atoms with Gasteiger partial charge >= 0.3 is 0 Å². The molecule has 3 rings (SSSR count). The van der Waals surface area contributed by atoms with Crippen molar-refractivity contribution in [2.75, 3.05) is 20.1 Å². The van der Waals surface area contributed by atoms with Gasteiger partial charge in [0.2, 0.25) is 0 Å². The van der Waals surface area contributed by atoms with Gasteiger partial charge in [-0.05, 0) is 30.3 Å². The first-order chi connectivity index (χ1) is 12.4. The summed E-state index contributed by atoms with van der Waals surface area (Å²) in [5.74, 6) is -3.31. The molecule has 2 N–H and O–H groups in total. The minimum Gasteiger partial charge on any atom is -0.399 e. The fraction of sp³-hybridized carbons (Fsp3) is 0.316. The number of hydrogen-bond acceptors (Lipinski definition) is 5. The number of likely N-dealkylation sites (N-methyl/N-ethyl adjacent to an activating group) is 1. The Kier molecular flexibility index (Phi) is 4.24. The molecule has 1 aromatic rings. The Morgan fingerprint density at radius 1 is 1.19 bits per heavy atom. The smallest absolute Gasteiger partial charge is 0.191 e. The van der Waals surface area contributed by atoms with Crippen LogP contribution in [0.1, 0.15) is 11.5 Å². The molecule has 1 aromatic carbocycles. The number of rotatable bonds is 1. The van der Waals surface area contributed by atoms with Crippen molar-refractivity contribution in [2.45, 2.75) is 5.92 Å². The Morgan fingerprint density at radius 2 is 1.88 bits per heavy atom. The Balaban J connectivity index is 2.34. The van der Waals surface area contributed by atoms with Gasteiger partial charge in [0.15, 0.2) is 17.0 Å². The number of nitriles is 3. The topological polar surface area (TPSA) is 101 Å². The molecule has 2 atom stereocenters. The van der Waals surface area contributed by atoms with E-state index in [1.807, 2.05) is 36.2 Å². The van der Waals surface area contributed by atoms with E-state index in [2.05, 4.69) is 0 Å². The zero-order chi connectivity index (χ0) is 19.1. The second-order valence-corrected chi connectivity index (χ2v) is 6.57. The molecule has 5 nitrogen and oxygen atoms in total. The summed E-state index contributed by atoms with van der Waals surface area (Å²) in [4.78, 5) is 1.97. The molecule has 1 heterocycles. The van der Waals surface area contributed by atoms with Crippen LogP contribution in [0.25, 0.3) is 0 Å². The zero-order valence-electron chi connectivity index (χ0n) is 14.0. The third-order valence-electron chi connectivity index (χ3n) is 5.15. The van der Waals surface area contributed by atoms with Gasteiger partial charge in [-0.2, -0.15) is 15.8 Å². The second-order valence-electron chi connectivity index (χ2n) is 6.57. The number of halogens is 2. The Labute approximate surface area is 149 Å². The van der Waals surface area contributed by atoms with Gasteiger partial charge < -0.3 is 10.6 Å². The van der Waals surface area contributed by atoms with Crippen LogP contribution in [0.15, 0.2) is 41.1 Å². The highest BCUT2D eigenvalue weighted by Gasteiger charge is 2.54. The molecule has 1 aliphatic heterocycles. The molecule has 0 bridgehead atoms. The normalized spacial score (nSPS) is 24.7. The van der Waals surface area contributed by atoms with E-state index in [0.717, 1.165) is 12.1 Å². The highest BCUT2D eigenvalue weighted by Crippen LogP contribution is 2.54. The number of fused-ring (bicyclic) bond motifs is 1. The van der Waals surface area contributed by atoms with Gasteiger partial charge in [0.05, 0.1) is 23.4 Å². The van der Waals surface area contributed by atoms with Gasteiger partial charge in [-0.15, -0.1) is 0 Å². The van der Waals surface area contributed by atoms with Crippen molar-refractivity contribution in [1.29, 1.82) is 15.8 Å². The van der Waals surface area contributed by atoms with Crippen LogP contribution in [0.3, 0.4) is 0 Å². The lowest BCUT2D eigenvalue weighted by Crippen LogP contribution is -2.47. The van der Waals surface area contributed by atoms with Gasteiger partial charge in [0.1, 0.15) is 6.07 Å². The summed E-state index contributed by atoms with van der Waals surface area (Å²) in [6.07, 6.45) is 1.84. The van der Waals surface area contributed by atoms with Crippen LogP contribution in [-0.4, -0.2) is 25.0 Å². The first-order valence-electron chi connectivity index (χ1n) is 7.96. The third-order valence-corrected chi connectivity index (χ3v) is 5.15. The van der Waals surface area contributed by atoms with Crippen molar-refractivity contribution >= 4 is 0 Å². The van der Waals surface area contributed by atoms with Crippen LogP contribution < -0.4 is 5.73 Å². The van der Waals surface area contributed by atoms with Crippen LogP contribution in [0.2, 0.25) is 0 Å². The monoisotopic (exact) mass is 351 g/mol. The first-order valence-corrected chi connectivity index (χ1v) is 7.96. The van der Waals surface area contributed by atoms with Crippen molar-refractivity contribution < 1.29 is 8.78 Å². The highest BCUT2D eigenvalue weighted by atomic mass is 19.2. The van der Waals surface area contributed by atoms with Gasteiger partial charge in [0.25, 0.3) is 0 Å². The molecular formula is C19H15F2N5. The van der Waals surface area contributed by atoms with Gasteiger partial charge in [-0.25, -0.2) is 8.78 Å². The molecule has 0 saturated carbocycles. The zero-order valence-corrected chi connectivity index (χ0v) is 14.0. The molecule has 1 unspecified atom stereocenters. The molecule has 0 fully saturated rings. The summed E-state index contributed by atoms with van der Waals surface area (Å²) in [7, 11) is 1.86. The van der Waals surface area contributed by atoms with E-state index in [9.17, 15) is 24.6 Å².